The fourth-order valence-corrected chi connectivity index (χ4v) is 5.50. The van der Waals surface area contributed by atoms with Crippen molar-refractivity contribution in [1.82, 2.24) is 0 Å². The van der Waals surface area contributed by atoms with E-state index in [1.807, 2.05) is 81.4 Å². The zero-order chi connectivity index (χ0) is 16.5. The third-order valence-corrected chi connectivity index (χ3v) is 6.19. The molecule has 23 heavy (non-hydrogen) atoms. The van der Waals surface area contributed by atoms with Gasteiger partial charge in [0.15, 0.2) is 0 Å². The Morgan fingerprint density at radius 1 is 0.957 bits per heavy atom. The van der Waals surface area contributed by atoms with Gasteiger partial charge in [0.2, 0.25) is 0 Å². The SMILES string of the molecule is CCOP1(=O)OC(C)(C)C(c2ccccc2)=C1c1ccccc1. The van der Waals surface area contributed by atoms with Crippen LogP contribution in [0.15, 0.2) is 60.7 Å². The first-order valence-corrected chi connectivity index (χ1v) is 9.34. The largest absolute Gasteiger partial charge is 0.363 e. The normalized spacial score (nSPS) is 23.3. The van der Waals surface area contributed by atoms with Crippen LogP contribution in [0.4, 0.5) is 0 Å². The molecular weight excluding hydrogens is 307 g/mol. The highest BCUT2D eigenvalue weighted by Gasteiger charge is 2.50. The van der Waals surface area contributed by atoms with Crippen molar-refractivity contribution >= 4 is 18.5 Å². The Hall–Kier alpha value is -1.67. The minimum Gasteiger partial charge on any atom is -0.305 e. The van der Waals surface area contributed by atoms with Gasteiger partial charge in [-0.1, -0.05) is 60.7 Å². The minimum atomic E-state index is -3.37. The average molecular weight is 328 g/mol. The van der Waals surface area contributed by atoms with E-state index in [9.17, 15) is 4.57 Å². The molecule has 3 rings (SSSR count). The topological polar surface area (TPSA) is 35.5 Å². The van der Waals surface area contributed by atoms with Gasteiger partial charge in [0.25, 0.3) is 0 Å². The van der Waals surface area contributed by atoms with Gasteiger partial charge in [0.05, 0.1) is 17.5 Å². The van der Waals surface area contributed by atoms with Gasteiger partial charge in [-0.3, -0.25) is 9.09 Å². The Bertz CT molecular complexity index is 764. The van der Waals surface area contributed by atoms with Gasteiger partial charge < -0.3 is 4.52 Å². The van der Waals surface area contributed by atoms with Gasteiger partial charge in [-0.2, -0.15) is 0 Å². The van der Waals surface area contributed by atoms with Crippen molar-refractivity contribution in [3.63, 3.8) is 0 Å². The number of benzene rings is 2. The van der Waals surface area contributed by atoms with Crippen molar-refractivity contribution in [2.45, 2.75) is 26.4 Å². The van der Waals surface area contributed by atoms with Crippen molar-refractivity contribution < 1.29 is 13.6 Å². The third-order valence-electron chi connectivity index (χ3n) is 3.87. The van der Waals surface area contributed by atoms with Crippen LogP contribution in [0.5, 0.6) is 0 Å². The van der Waals surface area contributed by atoms with E-state index in [0.717, 1.165) is 16.7 Å². The summed E-state index contributed by atoms with van der Waals surface area (Å²) in [5.41, 5.74) is 2.14. The van der Waals surface area contributed by atoms with Crippen LogP contribution in [0.25, 0.3) is 10.9 Å². The summed E-state index contributed by atoms with van der Waals surface area (Å²) in [5.74, 6) is 0. The van der Waals surface area contributed by atoms with Gasteiger partial charge >= 0.3 is 7.60 Å². The molecule has 120 valence electrons. The molecule has 0 amide bonds. The van der Waals surface area contributed by atoms with E-state index in [0.29, 0.717) is 11.9 Å². The van der Waals surface area contributed by atoms with Crippen LogP contribution >= 0.6 is 7.60 Å². The molecule has 2 aromatic carbocycles. The summed E-state index contributed by atoms with van der Waals surface area (Å²) in [6.45, 7) is 6.05. The molecule has 1 aliphatic rings. The van der Waals surface area contributed by atoms with Crippen LogP contribution in [-0.4, -0.2) is 12.2 Å². The lowest BCUT2D eigenvalue weighted by Crippen LogP contribution is -2.20. The highest BCUT2D eigenvalue weighted by molar-refractivity contribution is 7.66. The Labute approximate surface area is 137 Å². The van der Waals surface area contributed by atoms with E-state index in [-0.39, 0.29) is 0 Å². The fourth-order valence-electron chi connectivity index (χ4n) is 3.06. The van der Waals surface area contributed by atoms with Crippen molar-refractivity contribution in [2.75, 3.05) is 6.61 Å². The predicted molar refractivity (Wildman–Crippen MR) is 94.1 cm³/mol. The first-order valence-electron chi connectivity index (χ1n) is 7.79. The van der Waals surface area contributed by atoms with Gasteiger partial charge in [-0.25, -0.2) is 0 Å². The predicted octanol–water partition coefficient (Wildman–Crippen LogP) is 5.59. The molecule has 2 aromatic rings. The summed E-state index contributed by atoms with van der Waals surface area (Å²) in [4.78, 5) is 0. The molecule has 0 fully saturated rings. The van der Waals surface area contributed by atoms with Crippen LogP contribution in [0.1, 0.15) is 31.9 Å². The standard InChI is InChI=1S/C19H21O3P/c1-4-21-23(20)18(16-13-9-6-10-14-16)17(19(2,3)22-23)15-11-7-5-8-12-15/h5-14H,4H2,1-3H3. The van der Waals surface area contributed by atoms with E-state index in [4.69, 9.17) is 9.05 Å². The third kappa shape index (κ3) is 2.92. The second-order valence-corrected chi connectivity index (χ2v) is 7.86. The van der Waals surface area contributed by atoms with E-state index in [1.165, 1.54) is 0 Å². The smallest absolute Gasteiger partial charge is 0.305 e. The molecule has 1 unspecified atom stereocenters. The first-order chi connectivity index (χ1) is 11.0. The van der Waals surface area contributed by atoms with Crippen molar-refractivity contribution in [3.05, 3.63) is 71.8 Å². The quantitative estimate of drug-likeness (QED) is 0.686. The molecule has 0 N–H and O–H groups in total. The molecular formula is C19H21O3P. The second kappa shape index (κ2) is 6.09. The van der Waals surface area contributed by atoms with Crippen LogP contribution in [0, 0.1) is 0 Å². The summed E-state index contributed by atoms with van der Waals surface area (Å²) in [6, 6.07) is 19.7. The van der Waals surface area contributed by atoms with Crippen LogP contribution in [-0.2, 0) is 13.6 Å². The maximum absolute atomic E-state index is 13.4. The van der Waals surface area contributed by atoms with Gasteiger partial charge in [0, 0.05) is 5.57 Å². The van der Waals surface area contributed by atoms with Crippen LogP contribution < -0.4 is 0 Å². The Kier molecular flexibility index (Phi) is 4.29. The van der Waals surface area contributed by atoms with Gasteiger partial charge in [-0.05, 0) is 31.9 Å². The Balaban J connectivity index is 2.31. The highest BCUT2D eigenvalue weighted by atomic mass is 31.2. The van der Waals surface area contributed by atoms with Crippen LogP contribution in [0.2, 0.25) is 0 Å². The van der Waals surface area contributed by atoms with E-state index in [1.54, 1.807) is 0 Å². The van der Waals surface area contributed by atoms with Crippen molar-refractivity contribution in [2.24, 2.45) is 0 Å². The lowest BCUT2D eigenvalue weighted by atomic mass is 9.89. The molecule has 1 atom stereocenters. The van der Waals surface area contributed by atoms with E-state index in [2.05, 4.69) is 0 Å². The summed E-state index contributed by atoms with van der Waals surface area (Å²) in [6.07, 6.45) is 0. The minimum absolute atomic E-state index is 0.339. The average Bonchev–Trinajstić information content (AvgIpc) is 2.75. The molecule has 1 aliphatic heterocycles. The van der Waals surface area contributed by atoms with E-state index >= 15 is 0 Å². The molecule has 0 radical (unpaired) electrons. The zero-order valence-electron chi connectivity index (χ0n) is 13.7. The van der Waals surface area contributed by atoms with Gasteiger partial charge in [-0.15, -0.1) is 0 Å². The van der Waals surface area contributed by atoms with Gasteiger partial charge in [0.1, 0.15) is 0 Å². The molecule has 0 saturated heterocycles. The summed E-state index contributed by atoms with van der Waals surface area (Å²) < 4.78 is 25.0. The zero-order valence-corrected chi connectivity index (χ0v) is 14.5. The lowest BCUT2D eigenvalue weighted by molar-refractivity contribution is 0.143. The summed E-state index contributed by atoms with van der Waals surface area (Å²) in [5, 5.41) is 0.677. The molecule has 3 nitrogen and oxygen atoms in total. The summed E-state index contributed by atoms with van der Waals surface area (Å²) in [7, 11) is -3.37. The molecule has 0 bridgehead atoms. The molecule has 1 heterocycles. The fraction of sp³-hybridized carbons (Fsp3) is 0.263. The molecule has 0 saturated carbocycles. The maximum atomic E-state index is 13.4. The molecule has 4 heteroatoms. The maximum Gasteiger partial charge on any atom is 0.363 e. The monoisotopic (exact) mass is 328 g/mol. The van der Waals surface area contributed by atoms with E-state index < -0.39 is 13.2 Å². The van der Waals surface area contributed by atoms with Crippen molar-refractivity contribution in [1.29, 1.82) is 0 Å². The molecule has 0 aromatic heterocycles. The number of rotatable bonds is 4. The van der Waals surface area contributed by atoms with Crippen LogP contribution in [0.3, 0.4) is 0 Å². The van der Waals surface area contributed by atoms with Crippen molar-refractivity contribution in [3.8, 4) is 0 Å². The number of hydrogen-bond donors (Lipinski definition) is 0. The highest BCUT2D eigenvalue weighted by Crippen LogP contribution is 2.71. The first kappa shape index (κ1) is 16.2. The lowest BCUT2D eigenvalue weighted by Gasteiger charge is -2.22. The second-order valence-electron chi connectivity index (χ2n) is 5.97. The number of hydrogen-bond acceptors (Lipinski definition) is 3. The summed E-state index contributed by atoms with van der Waals surface area (Å²) >= 11 is 0. The Morgan fingerprint density at radius 2 is 1.48 bits per heavy atom. The Morgan fingerprint density at radius 3 is 2.00 bits per heavy atom. The molecule has 0 spiro atoms. The molecule has 0 aliphatic carbocycles.